The molecule has 0 bridgehead atoms. The van der Waals surface area contributed by atoms with Gasteiger partial charge in [-0.1, -0.05) is 31.2 Å². The number of benzene rings is 2. The molecule has 1 amide bonds. The molecule has 8 heteroatoms. The molecule has 0 aliphatic rings. The number of amides is 1. The van der Waals surface area contributed by atoms with Crippen LogP contribution in [0.2, 0.25) is 0 Å². The minimum Gasteiger partial charge on any atom is -0.493 e. The summed E-state index contributed by atoms with van der Waals surface area (Å²) in [6, 6.07) is 13.2. The van der Waals surface area contributed by atoms with E-state index in [2.05, 4.69) is 5.32 Å². The fraction of sp³-hybridized carbons (Fsp3) is 0.409. The first kappa shape index (κ1) is 23.5. The minimum atomic E-state index is -3.65. The number of para-hydroxylation sites is 1. The van der Waals surface area contributed by atoms with Gasteiger partial charge in [-0.3, -0.25) is 9.10 Å². The Kier molecular flexibility index (Phi) is 8.11. The molecule has 0 aromatic heterocycles. The number of nitrogens with zero attached hydrogens (tertiary/aromatic N) is 1. The quantitative estimate of drug-likeness (QED) is 0.620. The molecule has 164 valence electrons. The number of hydrogen-bond donors (Lipinski definition) is 1. The number of carbonyl (C=O) groups excluding carboxylic acids is 1. The maximum absolute atomic E-state index is 12.9. The van der Waals surface area contributed by atoms with Crippen LogP contribution in [-0.2, 0) is 21.4 Å². The predicted octanol–water partition coefficient (Wildman–Crippen LogP) is 3.34. The molecule has 0 saturated carbocycles. The highest BCUT2D eigenvalue weighted by Crippen LogP contribution is 2.29. The van der Waals surface area contributed by atoms with Crippen molar-refractivity contribution >= 4 is 21.6 Å². The lowest BCUT2D eigenvalue weighted by Crippen LogP contribution is -2.49. The molecule has 2 aromatic carbocycles. The molecular weight excluding hydrogens is 404 g/mol. The van der Waals surface area contributed by atoms with Gasteiger partial charge in [-0.2, -0.15) is 0 Å². The van der Waals surface area contributed by atoms with Crippen molar-refractivity contribution in [2.24, 2.45) is 0 Å². The molecule has 0 fully saturated rings. The molecule has 0 unspecified atom stereocenters. The number of rotatable bonds is 10. The fourth-order valence-electron chi connectivity index (χ4n) is 3.12. The van der Waals surface area contributed by atoms with E-state index in [1.54, 1.807) is 56.5 Å². The van der Waals surface area contributed by atoms with E-state index in [0.29, 0.717) is 23.6 Å². The predicted molar refractivity (Wildman–Crippen MR) is 118 cm³/mol. The van der Waals surface area contributed by atoms with Crippen molar-refractivity contribution in [1.29, 1.82) is 0 Å². The molecule has 0 aliphatic heterocycles. The highest BCUT2D eigenvalue weighted by atomic mass is 32.2. The van der Waals surface area contributed by atoms with Gasteiger partial charge in [0, 0.05) is 6.54 Å². The van der Waals surface area contributed by atoms with Crippen LogP contribution in [0.1, 0.15) is 32.8 Å². The summed E-state index contributed by atoms with van der Waals surface area (Å²) in [6.45, 7) is 5.88. The lowest BCUT2D eigenvalue weighted by molar-refractivity contribution is -0.122. The van der Waals surface area contributed by atoms with Crippen LogP contribution in [0.15, 0.2) is 48.5 Å². The summed E-state index contributed by atoms with van der Waals surface area (Å²) in [6.07, 6.45) is 1.45. The van der Waals surface area contributed by atoms with E-state index >= 15 is 0 Å². The summed E-state index contributed by atoms with van der Waals surface area (Å²) in [4.78, 5) is 12.9. The normalized spacial score (nSPS) is 12.3. The SMILES string of the molecule is CC[C@H](C(=O)NCc1ccc(OC(C)C)c(OC)c1)N(c1ccccc1)S(C)(=O)=O. The maximum atomic E-state index is 12.9. The molecule has 0 radical (unpaired) electrons. The van der Waals surface area contributed by atoms with Gasteiger partial charge >= 0.3 is 0 Å². The Labute approximate surface area is 179 Å². The lowest BCUT2D eigenvalue weighted by atomic mass is 10.1. The zero-order chi connectivity index (χ0) is 22.3. The average Bonchev–Trinajstić information content (AvgIpc) is 2.70. The Hall–Kier alpha value is -2.74. The van der Waals surface area contributed by atoms with Crippen LogP contribution in [0.25, 0.3) is 0 Å². The van der Waals surface area contributed by atoms with Gasteiger partial charge in [0.05, 0.1) is 25.2 Å². The van der Waals surface area contributed by atoms with E-state index in [9.17, 15) is 13.2 Å². The maximum Gasteiger partial charge on any atom is 0.244 e. The van der Waals surface area contributed by atoms with Crippen molar-refractivity contribution in [2.75, 3.05) is 17.7 Å². The molecule has 1 N–H and O–H groups in total. The lowest BCUT2D eigenvalue weighted by Gasteiger charge is -2.30. The van der Waals surface area contributed by atoms with Crippen LogP contribution in [0, 0.1) is 0 Å². The molecule has 2 rings (SSSR count). The van der Waals surface area contributed by atoms with Crippen LogP contribution >= 0.6 is 0 Å². The number of hydrogen-bond acceptors (Lipinski definition) is 5. The summed E-state index contributed by atoms with van der Waals surface area (Å²) < 4.78 is 37.1. The van der Waals surface area contributed by atoms with Crippen LogP contribution in [-0.4, -0.2) is 39.8 Å². The summed E-state index contributed by atoms with van der Waals surface area (Å²) in [5.74, 6) is 0.833. The number of ether oxygens (including phenoxy) is 2. The molecule has 30 heavy (non-hydrogen) atoms. The molecule has 0 aliphatic carbocycles. The van der Waals surface area contributed by atoms with Crippen molar-refractivity contribution in [3.05, 3.63) is 54.1 Å². The van der Waals surface area contributed by atoms with Crippen molar-refractivity contribution in [3.63, 3.8) is 0 Å². The smallest absolute Gasteiger partial charge is 0.244 e. The first-order valence-electron chi connectivity index (χ1n) is 9.83. The Morgan fingerprint density at radius 3 is 2.30 bits per heavy atom. The monoisotopic (exact) mass is 434 g/mol. The van der Waals surface area contributed by atoms with E-state index < -0.39 is 16.1 Å². The number of carbonyl (C=O) groups is 1. The van der Waals surface area contributed by atoms with Crippen LogP contribution in [0.4, 0.5) is 5.69 Å². The highest BCUT2D eigenvalue weighted by molar-refractivity contribution is 7.92. The Morgan fingerprint density at radius 1 is 1.10 bits per heavy atom. The van der Waals surface area contributed by atoms with Crippen molar-refractivity contribution < 1.29 is 22.7 Å². The first-order chi connectivity index (χ1) is 14.2. The van der Waals surface area contributed by atoms with Gasteiger partial charge in [0.25, 0.3) is 0 Å². The second kappa shape index (κ2) is 10.3. The van der Waals surface area contributed by atoms with Crippen LogP contribution < -0.4 is 19.1 Å². The summed E-state index contributed by atoms with van der Waals surface area (Å²) in [5, 5.41) is 2.84. The van der Waals surface area contributed by atoms with E-state index in [4.69, 9.17) is 9.47 Å². The second-order valence-electron chi connectivity index (χ2n) is 7.19. The third-order valence-corrected chi connectivity index (χ3v) is 5.58. The molecule has 1 atom stereocenters. The van der Waals surface area contributed by atoms with Gasteiger partial charge in [0.2, 0.25) is 15.9 Å². The number of methoxy groups -OCH3 is 1. The number of sulfonamides is 1. The van der Waals surface area contributed by atoms with Gasteiger partial charge in [-0.25, -0.2) is 8.42 Å². The number of nitrogens with one attached hydrogen (secondary N) is 1. The topological polar surface area (TPSA) is 84.9 Å². The molecule has 2 aromatic rings. The molecule has 0 heterocycles. The number of anilines is 1. The summed E-state index contributed by atoms with van der Waals surface area (Å²) in [7, 11) is -2.09. The Balaban J connectivity index is 2.18. The zero-order valence-electron chi connectivity index (χ0n) is 18.1. The largest absolute Gasteiger partial charge is 0.493 e. The van der Waals surface area contributed by atoms with E-state index in [-0.39, 0.29) is 18.6 Å². The van der Waals surface area contributed by atoms with Gasteiger partial charge in [-0.05, 0) is 50.1 Å². The van der Waals surface area contributed by atoms with E-state index in [1.807, 2.05) is 19.9 Å². The van der Waals surface area contributed by atoms with Gasteiger partial charge < -0.3 is 14.8 Å². The Bertz CT molecular complexity index is 945. The highest BCUT2D eigenvalue weighted by Gasteiger charge is 2.31. The Morgan fingerprint density at radius 2 is 1.77 bits per heavy atom. The van der Waals surface area contributed by atoms with E-state index in [0.717, 1.165) is 11.8 Å². The summed E-state index contributed by atoms with van der Waals surface area (Å²) >= 11 is 0. The van der Waals surface area contributed by atoms with E-state index in [1.165, 1.54) is 4.31 Å². The zero-order valence-corrected chi connectivity index (χ0v) is 18.9. The molecule has 0 spiro atoms. The fourth-order valence-corrected chi connectivity index (χ4v) is 4.33. The molecular formula is C22H30N2O5S. The van der Waals surface area contributed by atoms with Crippen LogP contribution in [0.3, 0.4) is 0 Å². The van der Waals surface area contributed by atoms with Crippen molar-refractivity contribution in [3.8, 4) is 11.5 Å². The van der Waals surface area contributed by atoms with Gasteiger partial charge in [0.15, 0.2) is 11.5 Å². The van der Waals surface area contributed by atoms with Crippen molar-refractivity contribution in [1.82, 2.24) is 5.32 Å². The average molecular weight is 435 g/mol. The van der Waals surface area contributed by atoms with Gasteiger partial charge in [0.1, 0.15) is 6.04 Å². The summed E-state index contributed by atoms with van der Waals surface area (Å²) in [5.41, 5.74) is 1.27. The second-order valence-corrected chi connectivity index (χ2v) is 9.05. The molecule has 0 saturated heterocycles. The minimum absolute atomic E-state index is 0.00901. The van der Waals surface area contributed by atoms with Crippen LogP contribution in [0.5, 0.6) is 11.5 Å². The van der Waals surface area contributed by atoms with Crippen molar-refractivity contribution in [2.45, 2.75) is 45.9 Å². The standard InChI is InChI=1S/C22H30N2O5S/c1-6-19(24(30(5,26)27)18-10-8-7-9-11-18)22(25)23-15-17-12-13-20(29-16(2)3)21(14-17)28-4/h7-14,16,19H,6,15H2,1-5H3,(H,23,25)/t19-/m1/s1. The third-order valence-electron chi connectivity index (χ3n) is 4.40. The van der Waals surface area contributed by atoms with Gasteiger partial charge in [-0.15, -0.1) is 0 Å². The first-order valence-corrected chi connectivity index (χ1v) is 11.7. The third kappa shape index (κ3) is 6.13. The molecule has 7 nitrogen and oxygen atoms in total.